The van der Waals surface area contributed by atoms with Crippen molar-refractivity contribution in [2.24, 2.45) is 0 Å². The average Bonchev–Trinajstić information content (AvgIpc) is 2.28. The predicted octanol–water partition coefficient (Wildman–Crippen LogP) is 3.26. The van der Waals surface area contributed by atoms with Crippen LogP contribution in [-0.2, 0) is 0 Å². The van der Waals surface area contributed by atoms with Gasteiger partial charge in [0.15, 0.2) is 0 Å². The Kier molecular flexibility index (Phi) is 4.53. The van der Waals surface area contributed by atoms with E-state index in [0.717, 1.165) is 24.0 Å². The Hall–Kier alpha value is -1.31. The van der Waals surface area contributed by atoms with E-state index >= 15 is 0 Å². The van der Waals surface area contributed by atoms with Crippen molar-refractivity contribution in [2.45, 2.75) is 39.7 Å². The molecule has 0 N–H and O–H groups in total. The second-order valence-electron chi connectivity index (χ2n) is 4.37. The zero-order valence-corrected chi connectivity index (χ0v) is 10.7. The van der Waals surface area contributed by atoms with E-state index < -0.39 is 0 Å². The highest BCUT2D eigenvalue weighted by molar-refractivity contribution is 5.95. The fourth-order valence-corrected chi connectivity index (χ4v) is 1.81. The van der Waals surface area contributed by atoms with Crippen LogP contribution in [-0.4, -0.2) is 23.9 Å². The third kappa shape index (κ3) is 2.84. The van der Waals surface area contributed by atoms with Crippen LogP contribution in [0.15, 0.2) is 24.3 Å². The second-order valence-corrected chi connectivity index (χ2v) is 4.37. The molecule has 1 atom stereocenters. The van der Waals surface area contributed by atoms with Gasteiger partial charge in [-0.1, -0.05) is 31.5 Å². The molecule has 1 amide bonds. The van der Waals surface area contributed by atoms with E-state index in [9.17, 15) is 4.79 Å². The van der Waals surface area contributed by atoms with Gasteiger partial charge in [0.1, 0.15) is 0 Å². The molecule has 1 rings (SSSR count). The minimum atomic E-state index is 0.124. The predicted molar refractivity (Wildman–Crippen MR) is 67.6 cm³/mol. The molecule has 16 heavy (non-hydrogen) atoms. The lowest BCUT2D eigenvalue weighted by atomic mass is 10.1. The lowest BCUT2D eigenvalue weighted by Crippen LogP contribution is -2.35. The lowest BCUT2D eigenvalue weighted by molar-refractivity contribution is 0.0736. The molecule has 0 aliphatic carbocycles. The molecule has 2 nitrogen and oxygen atoms in total. The van der Waals surface area contributed by atoms with Gasteiger partial charge in [-0.3, -0.25) is 4.79 Å². The molecule has 1 aromatic carbocycles. The van der Waals surface area contributed by atoms with Gasteiger partial charge in [0.25, 0.3) is 5.91 Å². The van der Waals surface area contributed by atoms with E-state index in [1.54, 1.807) is 0 Å². The SMILES string of the molecule is CCCC(C)N(C)C(=O)c1ccccc1C. The lowest BCUT2D eigenvalue weighted by Gasteiger charge is -2.25. The van der Waals surface area contributed by atoms with Crippen molar-refractivity contribution < 1.29 is 4.79 Å². The standard InChI is InChI=1S/C14H21NO/c1-5-8-12(3)15(4)14(16)13-10-7-6-9-11(13)2/h6-7,9-10,12H,5,8H2,1-4H3. The third-order valence-electron chi connectivity index (χ3n) is 3.06. The van der Waals surface area contributed by atoms with E-state index in [-0.39, 0.29) is 5.91 Å². The number of hydrogen-bond donors (Lipinski definition) is 0. The van der Waals surface area contributed by atoms with Crippen molar-refractivity contribution in [3.63, 3.8) is 0 Å². The minimum absolute atomic E-state index is 0.124. The largest absolute Gasteiger partial charge is 0.339 e. The van der Waals surface area contributed by atoms with Gasteiger partial charge in [0, 0.05) is 18.7 Å². The zero-order valence-electron chi connectivity index (χ0n) is 10.7. The average molecular weight is 219 g/mol. The van der Waals surface area contributed by atoms with E-state index in [2.05, 4.69) is 13.8 Å². The molecule has 2 heteroatoms. The summed E-state index contributed by atoms with van der Waals surface area (Å²) >= 11 is 0. The van der Waals surface area contributed by atoms with Crippen molar-refractivity contribution in [3.8, 4) is 0 Å². The number of benzene rings is 1. The fraction of sp³-hybridized carbons (Fsp3) is 0.500. The third-order valence-corrected chi connectivity index (χ3v) is 3.06. The van der Waals surface area contributed by atoms with E-state index in [0.29, 0.717) is 6.04 Å². The van der Waals surface area contributed by atoms with Crippen LogP contribution in [0.25, 0.3) is 0 Å². The normalized spacial score (nSPS) is 12.2. The van der Waals surface area contributed by atoms with Crippen LogP contribution in [0, 0.1) is 6.92 Å². The van der Waals surface area contributed by atoms with Crippen LogP contribution >= 0.6 is 0 Å². The summed E-state index contributed by atoms with van der Waals surface area (Å²) in [7, 11) is 1.88. The number of carbonyl (C=O) groups excluding carboxylic acids is 1. The van der Waals surface area contributed by atoms with Crippen LogP contribution in [0.5, 0.6) is 0 Å². The molecular formula is C14H21NO. The molecule has 0 spiro atoms. The van der Waals surface area contributed by atoms with Crippen molar-refractivity contribution in [2.75, 3.05) is 7.05 Å². The van der Waals surface area contributed by atoms with Gasteiger partial charge in [-0.25, -0.2) is 0 Å². The van der Waals surface area contributed by atoms with Gasteiger partial charge in [0.2, 0.25) is 0 Å². The summed E-state index contributed by atoms with van der Waals surface area (Å²) in [5, 5.41) is 0. The fourth-order valence-electron chi connectivity index (χ4n) is 1.81. The number of amides is 1. The first-order valence-electron chi connectivity index (χ1n) is 5.90. The first kappa shape index (κ1) is 12.8. The summed E-state index contributed by atoms with van der Waals surface area (Å²) < 4.78 is 0. The molecule has 0 radical (unpaired) electrons. The van der Waals surface area contributed by atoms with Crippen LogP contribution in [0.3, 0.4) is 0 Å². The Morgan fingerprint density at radius 3 is 2.56 bits per heavy atom. The topological polar surface area (TPSA) is 20.3 Å². The number of hydrogen-bond acceptors (Lipinski definition) is 1. The summed E-state index contributed by atoms with van der Waals surface area (Å²) in [5.41, 5.74) is 1.86. The van der Waals surface area contributed by atoms with Crippen LogP contribution < -0.4 is 0 Å². The minimum Gasteiger partial charge on any atom is -0.339 e. The van der Waals surface area contributed by atoms with Crippen molar-refractivity contribution in [3.05, 3.63) is 35.4 Å². The number of aryl methyl sites for hydroxylation is 1. The summed E-state index contributed by atoms with van der Waals surface area (Å²) in [6.45, 7) is 6.22. The van der Waals surface area contributed by atoms with Crippen molar-refractivity contribution in [1.82, 2.24) is 4.90 Å². The molecule has 88 valence electrons. The van der Waals surface area contributed by atoms with Gasteiger partial charge in [-0.15, -0.1) is 0 Å². The molecule has 0 bridgehead atoms. The molecule has 0 saturated carbocycles. The Morgan fingerprint density at radius 1 is 1.38 bits per heavy atom. The van der Waals surface area contributed by atoms with Gasteiger partial charge in [-0.2, -0.15) is 0 Å². The van der Waals surface area contributed by atoms with Gasteiger partial charge in [0.05, 0.1) is 0 Å². The Morgan fingerprint density at radius 2 is 2.00 bits per heavy atom. The molecule has 0 aliphatic rings. The first-order valence-corrected chi connectivity index (χ1v) is 5.90. The quantitative estimate of drug-likeness (QED) is 0.761. The maximum Gasteiger partial charge on any atom is 0.254 e. The maximum atomic E-state index is 12.2. The molecule has 0 heterocycles. The number of rotatable bonds is 4. The smallest absolute Gasteiger partial charge is 0.254 e. The van der Waals surface area contributed by atoms with Gasteiger partial charge < -0.3 is 4.90 Å². The Labute approximate surface area is 98.3 Å². The first-order chi connectivity index (χ1) is 7.57. The van der Waals surface area contributed by atoms with Crippen LogP contribution in [0.2, 0.25) is 0 Å². The highest BCUT2D eigenvalue weighted by Crippen LogP contribution is 2.13. The zero-order chi connectivity index (χ0) is 12.1. The molecule has 1 aromatic rings. The van der Waals surface area contributed by atoms with Crippen LogP contribution in [0.4, 0.5) is 0 Å². The molecule has 1 unspecified atom stereocenters. The van der Waals surface area contributed by atoms with Crippen molar-refractivity contribution in [1.29, 1.82) is 0 Å². The second kappa shape index (κ2) is 5.69. The molecule has 0 saturated heterocycles. The highest BCUT2D eigenvalue weighted by atomic mass is 16.2. The molecule has 0 aromatic heterocycles. The summed E-state index contributed by atoms with van der Waals surface area (Å²) in [6, 6.07) is 8.05. The summed E-state index contributed by atoms with van der Waals surface area (Å²) in [6.07, 6.45) is 2.15. The monoisotopic (exact) mass is 219 g/mol. The Balaban J connectivity index is 2.82. The van der Waals surface area contributed by atoms with E-state index in [4.69, 9.17) is 0 Å². The van der Waals surface area contributed by atoms with Crippen molar-refractivity contribution >= 4 is 5.91 Å². The molecule has 0 fully saturated rings. The van der Waals surface area contributed by atoms with Crippen LogP contribution in [0.1, 0.15) is 42.6 Å². The van der Waals surface area contributed by atoms with Gasteiger partial charge >= 0.3 is 0 Å². The molecule has 0 aliphatic heterocycles. The van der Waals surface area contributed by atoms with E-state index in [1.807, 2.05) is 43.1 Å². The molecular weight excluding hydrogens is 198 g/mol. The Bertz CT molecular complexity index is 360. The highest BCUT2D eigenvalue weighted by Gasteiger charge is 2.17. The van der Waals surface area contributed by atoms with E-state index in [1.165, 1.54) is 0 Å². The number of nitrogens with zero attached hydrogens (tertiary/aromatic N) is 1. The number of carbonyl (C=O) groups is 1. The maximum absolute atomic E-state index is 12.2. The summed E-state index contributed by atoms with van der Waals surface area (Å²) in [4.78, 5) is 14.0. The van der Waals surface area contributed by atoms with Gasteiger partial charge in [-0.05, 0) is 31.9 Å². The summed E-state index contributed by atoms with van der Waals surface area (Å²) in [5.74, 6) is 0.124.